The smallest absolute Gasteiger partial charge is 0.329 e. The highest BCUT2D eigenvalue weighted by molar-refractivity contribution is 5.94. The van der Waals surface area contributed by atoms with Crippen LogP contribution in [0, 0.1) is 35.5 Å². The zero-order chi connectivity index (χ0) is 39.5. The number of amides is 3. The van der Waals surface area contributed by atoms with Crippen LogP contribution in [-0.2, 0) is 43.0 Å². The highest BCUT2D eigenvalue weighted by atomic mass is 16.6. The van der Waals surface area contributed by atoms with Crippen LogP contribution in [0.2, 0.25) is 0 Å². The third-order valence-corrected chi connectivity index (χ3v) is 9.59. The van der Waals surface area contributed by atoms with Gasteiger partial charge in [0.2, 0.25) is 0 Å². The lowest BCUT2D eigenvalue weighted by Crippen LogP contribution is -2.56. The summed E-state index contributed by atoms with van der Waals surface area (Å²) in [6.45, 7) is 22.4. The molecule has 1 aliphatic heterocycles. The lowest BCUT2D eigenvalue weighted by Gasteiger charge is -2.37. The molecule has 0 aromatic rings. The Labute approximate surface area is 307 Å². The van der Waals surface area contributed by atoms with Crippen molar-refractivity contribution in [3.05, 3.63) is 0 Å². The van der Waals surface area contributed by atoms with Crippen molar-refractivity contribution >= 4 is 35.6 Å². The van der Waals surface area contributed by atoms with Gasteiger partial charge in [-0.25, -0.2) is 14.4 Å². The molecule has 1 saturated heterocycles. The molecule has 6 atom stereocenters. The normalized spacial score (nSPS) is 25.7. The van der Waals surface area contributed by atoms with Crippen LogP contribution >= 0.6 is 0 Å². The van der Waals surface area contributed by atoms with E-state index >= 15 is 0 Å². The number of nitrogens with zero attached hydrogens (tertiary/aromatic N) is 3. The molecular weight excluding hydrogens is 654 g/mol. The maximum Gasteiger partial charge on any atom is 0.329 e. The Hall–Kier alpha value is -3.18. The van der Waals surface area contributed by atoms with Crippen molar-refractivity contribution in [2.24, 2.45) is 35.5 Å². The molecule has 6 unspecified atom stereocenters. The quantitative estimate of drug-likeness (QED) is 0.189. The number of carbonyl (C=O) groups excluding carboxylic acids is 6. The molecule has 0 spiro atoms. The summed E-state index contributed by atoms with van der Waals surface area (Å²) in [5, 5.41) is 0. The Morgan fingerprint density at radius 1 is 0.412 bits per heavy atom. The fourth-order valence-corrected chi connectivity index (χ4v) is 5.97. The van der Waals surface area contributed by atoms with Crippen molar-refractivity contribution in [3.63, 3.8) is 0 Å². The molecule has 0 aliphatic carbocycles. The molecule has 294 valence electrons. The van der Waals surface area contributed by atoms with Gasteiger partial charge in [0.25, 0.3) is 17.7 Å². The predicted molar refractivity (Wildman–Crippen MR) is 196 cm³/mol. The van der Waals surface area contributed by atoms with Gasteiger partial charge in [0, 0.05) is 21.1 Å². The number of ether oxygens (including phenoxy) is 3. The fraction of sp³-hybridized carbons (Fsp3) is 0.846. The van der Waals surface area contributed by atoms with Crippen LogP contribution in [0.15, 0.2) is 0 Å². The van der Waals surface area contributed by atoms with E-state index in [2.05, 4.69) is 0 Å². The first-order valence-electron chi connectivity index (χ1n) is 18.9. The van der Waals surface area contributed by atoms with Crippen molar-refractivity contribution in [1.29, 1.82) is 0 Å². The van der Waals surface area contributed by atoms with Crippen LogP contribution in [0.4, 0.5) is 0 Å². The van der Waals surface area contributed by atoms with E-state index in [4.69, 9.17) is 14.2 Å². The number of cyclic esters (lactones) is 3. The Morgan fingerprint density at radius 3 is 0.765 bits per heavy atom. The molecule has 1 rings (SSSR count). The summed E-state index contributed by atoms with van der Waals surface area (Å²) in [5.74, 6) is -4.90. The van der Waals surface area contributed by atoms with E-state index in [1.165, 1.54) is 35.8 Å². The first-order valence-corrected chi connectivity index (χ1v) is 18.9. The van der Waals surface area contributed by atoms with Gasteiger partial charge in [-0.1, -0.05) is 83.1 Å². The zero-order valence-corrected chi connectivity index (χ0v) is 34.2. The third kappa shape index (κ3) is 13.4. The number of hydrogen-bond acceptors (Lipinski definition) is 9. The average Bonchev–Trinajstić information content (AvgIpc) is 3.02. The summed E-state index contributed by atoms with van der Waals surface area (Å²) >= 11 is 0. The summed E-state index contributed by atoms with van der Waals surface area (Å²) in [6, 6.07) is -3.23. The zero-order valence-electron chi connectivity index (χ0n) is 34.2. The first kappa shape index (κ1) is 45.8. The fourth-order valence-electron chi connectivity index (χ4n) is 5.97. The lowest BCUT2D eigenvalue weighted by molar-refractivity contribution is -0.180. The van der Waals surface area contributed by atoms with Crippen LogP contribution in [0.3, 0.4) is 0 Å². The van der Waals surface area contributed by atoms with Gasteiger partial charge in [-0.05, 0) is 74.0 Å². The van der Waals surface area contributed by atoms with Crippen LogP contribution < -0.4 is 0 Å². The Kier molecular flexibility index (Phi) is 18.7. The molecule has 0 radical (unpaired) electrons. The van der Waals surface area contributed by atoms with E-state index in [9.17, 15) is 28.8 Å². The molecule has 1 heterocycles. The number of hydrogen-bond donors (Lipinski definition) is 0. The van der Waals surface area contributed by atoms with Gasteiger partial charge in [0.15, 0.2) is 18.3 Å². The second-order valence-electron chi connectivity index (χ2n) is 16.6. The summed E-state index contributed by atoms with van der Waals surface area (Å²) in [6.07, 6.45) is -1.32. The van der Waals surface area contributed by atoms with Crippen molar-refractivity contribution in [3.8, 4) is 0 Å². The van der Waals surface area contributed by atoms with Gasteiger partial charge in [-0.15, -0.1) is 0 Å². The van der Waals surface area contributed by atoms with Gasteiger partial charge in [-0.3, -0.25) is 14.4 Å². The van der Waals surface area contributed by atoms with Gasteiger partial charge >= 0.3 is 17.9 Å². The molecule has 0 aromatic carbocycles. The van der Waals surface area contributed by atoms with Crippen molar-refractivity contribution in [2.75, 3.05) is 21.1 Å². The highest BCUT2D eigenvalue weighted by Gasteiger charge is 2.43. The highest BCUT2D eigenvalue weighted by Crippen LogP contribution is 2.25. The molecule has 0 N–H and O–H groups in total. The molecule has 51 heavy (non-hydrogen) atoms. The molecule has 1 fully saturated rings. The number of carbonyl (C=O) groups is 6. The monoisotopic (exact) mass is 724 g/mol. The molecule has 3 amide bonds. The minimum atomic E-state index is -1.27. The molecular formula is C39H69N3O9. The molecule has 0 aromatic heterocycles. The predicted octanol–water partition coefficient (Wildman–Crippen LogP) is 5.49. The third-order valence-electron chi connectivity index (χ3n) is 9.59. The number of esters is 3. The van der Waals surface area contributed by atoms with E-state index in [-0.39, 0.29) is 37.0 Å². The Bertz CT molecular complexity index is 1040. The molecule has 1 aliphatic rings. The SMILES string of the molecule is CC(C)CCC1C(=O)OC(C(C)C)C(=O)N(C)C(CCC(C)C)C(=O)OC(C(C)C)C(=O)N(C)C(CCC(C)C)C(=O)OC(C(C)C)C(=O)N1C. The van der Waals surface area contributed by atoms with E-state index < -0.39 is 89.8 Å². The standard InChI is InChI=1S/C39H69N3O9/c1-22(2)16-19-28-37(46)49-32(26(9)10)35(44)41(14)30(21-18-24(5)6)39(48)51-33(27(11)12)36(45)42(15)29(20-17-23(3)4)38(47)50-31(25(7)8)34(43)40(28)13/h22-33H,16-21H2,1-15H3. The van der Waals surface area contributed by atoms with Crippen molar-refractivity contribution < 1.29 is 43.0 Å². The van der Waals surface area contributed by atoms with Gasteiger partial charge in [0.05, 0.1) is 0 Å². The van der Waals surface area contributed by atoms with Gasteiger partial charge in [0.1, 0.15) is 18.1 Å². The van der Waals surface area contributed by atoms with E-state index in [1.54, 1.807) is 41.5 Å². The van der Waals surface area contributed by atoms with Crippen LogP contribution in [0.25, 0.3) is 0 Å². The summed E-state index contributed by atoms with van der Waals surface area (Å²) in [4.78, 5) is 88.3. The largest absolute Gasteiger partial charge is 0.450 e. The molecule has 12 heteroatoms. The minimum Gasteiger partial charge on any atom is -0.450 e. The topological polar surface area (TPSA) is 140 Å². The minimum absolute atomic E-state index is 0.193. The van der Waals surface area contributed by atoms with Crippen molar-refractivity contribution in [2.45, 2.75) is 158 Å². The van der Waals surface area contributed by atoms with Crippen molar-refractivity contribution in [1.82, 2.24) is 14.7 Å². The lowest BCUT2D eigenvalue weighted by atomic mass is 9.98. The molecule has 12 nitrogen and oxygen atoms in total. The average molecular weight is 724 g/mol. The van der Waals surface area contributed by atoms with E-state index in [0.717, 1.165) is 0 Å². The maximum atomic E-state index is 14.2. The van der Waals surface area contributed by atoms with E-state index in [0.29, 0.717) is 19.3 Å². The summed E-state index contributed by atoms with van der Waals surface area (Å²) < 4.78 is 17.8. The van der Waals surface area contributed by atoms with Crippen LogP contribution in [0.1, 0.15) is 122 Å². The first-order chi connectivity index (χ1) is 23.5. The second-order valence-corrected chi connectivity index (χ2v) is 16.6. The Morgan fingerprint density at radius 2 is 0.608 bits per heavy atom. The molecule has 0 saturated carbocycles. The van der Waals surface area contributed by atoms with Gasteiger partial charge in [-0.2, -0.15) is 0 Å². The maximum absolute atomic E-state index is 14.2. The Balaban J connectivity index is 3.98. The number of likely N-dealkylation sites (N-methyl/N-ethyl adjacent to an activating group) is 3. The number of rotatable bonds is 12. The molecule has 0 bridgehead atoms. The second kappa shape index (κ2) is 20.8. The van der Waals surface area contributed by atoms with Crippen LogP contribution in [-0.4, -0.2) is 108 Å². The van der Waals surface area contributed by atoms with E-state index in [1.807, 2.05) is 41.5 Å². The van der Waals surface area contributed by atoms with Crippen LogP contribution in [0.5, 0.6) is 0 Å². The summed E-state index contributed by atoms with van der Waals surface area (Å²) in [5.41, 5.74) is 0. The summed E-state index contributed by atoms with van der Waals surface area (Å²) in [7, 11) is 4.43. The van der Waals surface area contributed by atoms with Gasteiger partial charge < -0.3 is 28.9 Å².